The van der Waals surface area contributed by atoms with Crippen LogP contribution in [0.3, 0.4) is 0 Å². The lowest BCUT2D eigenvalue weighted by Gasteiger charge is -2.09. The summed E-state index contributed by atoms with van der Waals surface area (Å²) in [6.07, 6.45) is 3.20. The summed E-state index contributed by atoms with van der Waals surface area (Å²) in [5.74, 6) is 4.47. The third kappa shape index (κ3) is 6.19. The molecule has 1 atom stereocenters. The van der Waals surface area contributed by atoms with E-state index in [0.29, 0.717) is 18.2 Å². The molecule has 0 aliphatic rings. The van der Waals surface area contributed by atoms with Crippen LogP contribution in [-0.2, 0) is 0 Å². The fraction of sp³-hybridized carbons (Fsp3) is 0.438. The molecule has 0 aliphatic carbocycles. The summed E-state index contributed by atoms with van der Waals surface area (Å²) in [5, 5.41) is 11.9. The van der Waals surface area contributed by atoms with Crippen molar-refractivity contribution in [1.29, 1.82) is 0 Å². The molecule has 0 radical (unpaired) electrons. The lowest BCUT2D eigenvalue weighted by Crippen LogP contribution is -2.26. The number of amides is 1. The summed E-state index contributed by atoms with van der Waals surface area (Å²) >= 11 is 1.74. The van der Waals surface area contributed by atoms with Crippen LogP contribution in [0.5, 0.6) is 0 Å². The van der Waals surface area contributed by atoms with Crippen LogP contribution in [0.4, 0.5) is 4.39 Å². The fourth-order valence-electron chi connectivity index (χ4n) is 1.58. The number of rotatable bonds is 6. The highest BCUT2D eigenvalue weighted by molar-refractivity contribution is 7.99. The predicted molar refractivity (Wildman–Crippen MR) is 84.9 cm³/mol. The highest BCUT2D eigenvalue weighted by Gasteiger charge is 2.09. The van der Waals surface area contributed by atoms with Gasteiger partial charge < -0.3 is 10.4 Å². The van der Waals surface area contributed by atoms with E-state index in [9.17, 15) is 9.18 Å². The van der Waals surface area contributed by atoms with Gasteiger partial charge in [0, 0.05) is 23.8 Å². The summed E-state index contributed by atoms with van der Waals surface area (Å²) in [7, 11) is 0. The van der Waals surface area contributed by atoms with Gasteiger partial charge in [-0.2, -0.15) is 11.8 Å². The molecule has 0 aliphatic heterocycles. The molecule has 2 N–H and O–H groups in total. The Bertz CT molecular complexity index is 537. The van der Waals surface area contributed by atoms with Crippen LogP contribution in [0.2, 0.25) is 0 Å². The lowest BCUT2D eigenvalue weighted by atomic mass is 10.1. The number of halogens is 1. The molecule has 114 valence electrons. The molecule has 0 spiro atoms. The number of hydrogen-bond acceptors (Lipinski definition) is 3. The number of carbonyl (C=O) groups is 1. The topological polar surface area (TPSA) is 49.3 Å². The van der Waals surface area contributed by atoms with Gasteiger partial charge in [0.2, 0.25) is 0 Å². The van der Waals surface area contributed by atoms with Gasteiger partial charge in [-0.05, 0) is 30.9 Å². The smallest absolute Gasteiger partial charge is 0.251 e. The Hall–Kier alpha value is -1.51. The molecule has 0 saturated carbocycles. The Kier molecular flexibility index (Phi) is 7.88. The standard InChI is InChI=1S/C16H20FNO2S/c1-12(21-2)8-9-18-16(20)14-7-6-13(15(17)11-14)5-3-4-10-19/h6-7,11-12,19H,4,8-10H2,1-2H3,(H,18,20). The molecule has 1 aromatic rings. The number of hydrogen-bond donors (Lipinski definition) is 2. The van der Waals surface area contributed by atoms with E-state index >= 15 is 0 Å². The second kappa shape index (κ2) is 9.43. The first-order valence-electron chi connectivity index (χ1n) is 6.78. The Morgan fingerprint density at radius 3 is 2.90 bits per heavy atom. The van der Waals surface area contributed by atoms with Crippen LogP contribution >= 0.6 is 11.8 Å². The minimum Gasteiger partial charge on any atom is -0.395 e. The Morgan fingerprint density at radius 1 is 1.52 bits per heavy atom. The van der Waals surface area contributed by atoms with Crippen molar-refractivity contribution in [1.82, 2.24) is 5.32 Å². The number of aliphatic hydroxyl groups is 1. The zero-order chi connectivity index (χ0) is 15.7. The third-order valence-corrected chi connectivity index (χ3v) is 3.97. The van der Waals surface area contributed by atoms with E-state index in [4.69, 9.17) is 5.11 Å². The second-order valence-corrected chi connectivity index (χ2v) is 5.84. The summed E-state index contributed by atoms with van der Waals surface area (Å²) < 4.78 is 13.8. The van der Waals surface area contributed by atoms with Crippen LogP contribution in [0, 0.1) is 17.7 Å². The minimum atomic E-state index is -0.523. The quantitative estimate of drug-likeness (QED) is 0.794. The zero-order valence-corrected chi connectivity index (χ0v) is 13.1. The van der Waals surface area contributed by atoms with Crippen LogP contribution in [0.15, 0.2) is 18.2 Å². The van der Waals surface area contributed by atoms with Crippen molar-refractivity contribution in [2.45, 2.75) is 25.0 Å². The highest BCUT2D eigenvalue weighted by Crippen LogP contribution is 2.11. The van der Waals surface area contributed by atoms with Crippen LogP contribution in [0.1, 0.15) is 35.7 Å². The van der Waals surface area contributed by atoms with E-state index in [1.54, 1.807) is 17.8 Å². The summed E-state index contributed by atoms with van der Waals surface area (Å²) in [5.41, 5.74) is 0.521. The normalized spacial score (nSPS) is 11.4. The molecule has 0 saturated heterocycles. The van der Waals surface area contributed by atoms with E-state index in [-0.39, 0.29) is 23.6 Å². The number of carbonyl (C=O) groups excluding carboxylic acids is 1. The lowest BCUT2D eigenvalue weighted by molar-refractivity contribution is 0.0953. The first-order chi connectivity index (χ1) is 10.1. The summed E-state index contributed by atoms with van der Waals surface area (Å²) in [6, 6.07) is 4.23. The molecule has 1 aromatic carbocycles. The molecule has 0 aromatic heterocycles. The molecule has 1 amide bonds. The highest BCUT2D eigenvalue weighted by atomic mass is 32.2. The zero-order valence-electron chi connectivity index (χ0n) is 12.3. The predicted octanol–water partition coefficient (Wildman–Crippen LogP) is 2.43. The van der Waals surface area contributed by atoms with E-state index in [0.717, 1.165) is 6.42 Å². The average molecular weight is 309 g/mol. The number of thioether (sulfide) groups is 1. The maximum atomic E-state index is 13.8. The van der Waals surface area contributed by atoms with Gasteiger partial charge in [0.1, 0.15) is 5.82 Å². The van der Waals surface area contributed by atoms with E-state index in [1.165, 1.54) is 12.1 Å². The van der Waals surface area contributed by atoms with Gasteiger partial charge in [-0.15, -0.1) is 0 Å². The van der Waals surface area contributed by atoms with Gasteiger partial charge in [0.15, 0.2) is 0 Å². The molecular formula is C16H20FNO2S. The fourth-order valence-corrected chi connectivity index (χ4v) is 1.93. The third-order valence-electron chi connectivity index (χ3n) is 2.93. The van der Waals surface area contributed by atoms with Gasteiger partial charge in [-0.3, -0.25) is 4.79 Å². The van der Waals surface area contributed by atoms with E-state index in [2.05, 4.69) is 24.1 Å². The van der Waals surface area contributed by atoms with E-state index in [1.807, 2.05) is 6.26 Å². The summed E-state index contributed by atoms with van der Waals surface area (Å²) in [4.78, 5) is 11.9. The van der Waals surface area contributed by atoms with Gasteiger partial charge in [0.05, 0.1) is 12.2 Å². The van der Waals surface area contributed by atoms with Crippen LogP contribution in [0.25, 0.3) is 0 Å². The van der Waals surface area contributed by atoms with Crippen molar-refractivity contribution in [3.8, 4) is 11.8 Å². The first kappa shape index (κ1) is 17.5. The van der Waals surface area contributed by atoms with Gasteiger partial charge >= 0.3 is 0 Å². The molecule has 0 fully saturated rings. The Labute approximate surface area is 129 Å². The van der Waals surface area contributed by atoms with Gasteiger partial charge in [-0.1, -0.05) is 18.8 Å². The molecule has 0 bridgehead atoms. The number of nitrogens with one attached hydrogen (secondary N) is 1. The van der Waals surface area contributed by atoms with Crippen molar-refractivity contribution in [3.63, 3.8) is 0 Å². The monoisotopic (exact) mass is 309 g/mol. The molecule has 0 heterocycles. The van der Waals surface area contributed by atoms with Gasteiger partial charge in [0.25, 0.3) is 5.91 Å². The Balaban J connectivity index is 2.62. The SMILES string of the molecule is CSC(C)CCNC(=O)c1ccc(C#CCCO)c(F)c1. The first-order valence-corrected chi connectivity index (χ1v) is 8.07. The van der Waals surface area contributed by atoms with Crippen molar-refractivity contribution >= 4 is 17.7 Å². The molecule has 21 heavy (non-hydrogen) atoms. The average Bonchev–Trinajstić information content (AvgIpc) is 2.48. The minimum absolute atomic E-state index is 0.0520. The molecule has 1 unspecified atom stereocenters. The number of aliphatic hydroxyl groups excluding tert-OH is 1. The van der Waals surface area contributed by atoms with E-state index < -0.39 is 5.82 Å². The maximum absolute atomic E-state index is 13.8. The molecular weight excluding hydrogens is 289 g/mol. The maximum Gasteiger partial charge on any atom is 0.251 e. The summed E-state index contributed by atoms with van der Waals surface area (Å²) in [6.45, 7) is 2.61. The van der Waals surface area contributed by atoms with Crippen molar-refractivity contribution < 1.29 is 14.3 Å². The van der Waals surface area contributed by atoms with Crippen molar-refractivity contribution in [3.05, 3.63) is 35.1 Å². The van der Waals surface area contributed by atoms with Gasteiger partial charge in [-0.25, -0.2) is 4.39 Å². The van der Waals surface area contributed by atoms with Crippen molar-refractivity contribution in [2.24, 2.45) is 0 Å². The Morgan fingerprint density at radius 2 is 2.29 bits per heavy atom. The molecule has 1 rings (SSSR count). The van der Waals surface area contributed by atoms with Crippen LogP contribution in [-0.4, -0.2) is 35.7 Å². The molecule has 5 heteroatoms. The second-order valence-electron chi connectivity index (χ2n) is 4.56. The van der Waals surface area contributed by atoms with Crippen LogP contribution < -0.4 is 5.32 Å². The largest absolute Gasteiger partial charge is 0.395 e. The number of benzene rings is 1. The van der Waals surface area contributed by atoms with Crippen molar-refractivity contribution in [2.75, 3.05) is 19.4 Å². The molecule has 3 nitrogen and oxygen atoms in total.